The van der Waals surface area contributed by atoms with Crippen molar-refractivity contribution in [3.8, 4) is 17.1 Å². The fourth-order valence-corrected chi connectivity index (χ4v) is 4.85. The van der Waals surface area contributed by atoms with Crippen LogP contribution in [0.2, 0.25) is 0 Å². The summed E-state index contributed by atoms with van der Waals surface area (Å²) < 4.78 is 1.97. The molecule has 1 saturated heterocycles. The van der Waals surface area contributed by atoms with Gasteiger partial charge in [0.1, 0.15) is 0 Å². The van der Waals surface area contributed by atoms with E-state index in [-0.39, 0.29) is 11.7 Å². The third-order valence-electron chi connectivity index (χ3n) is 5.79. The lowest BCUT2D eigenvalue weighted by Gasteiger charge is -2.28. The summed E-state index contributed by atoms with van der Waals surface area (Å²) in [6.07, 6.45) is 7.26. The van der Waals surface area contributed by atoms with Crippen LogP contribution in [-0.2, 0) is 4.79 Å². The molecule has 1 amide bonds. The second kappa shape index (κ2) is 10.5. The molecule has 0 radical (unpaired) electrons. The van der Waals surface area contributed by atoms with Crippen LogP contribution >= 0.6 is 11.8 Å². The normalized spacial score (nSPS) is 13.6. The topological polar surface area (TPSA) is 75.9 Å². The van der Waals surface area contributed by atoms with Crippen LogP contribution in [0.15, 0.2) is 84.3 Å². The first-order valence-corrected chi connectivity index (χ1v) is 12.5. The van der Waals surface area contributed by atoms with E-state index < -0.39 is 0 Å². The molecular weight excluding hydrogens is 444 g/mol. The molecule has 4 aromatic rings. The van der Waals surface area contributed by atoms with Crippen LogP contribution in [0.25, 0.3) is 17.1 Å². The number of nitrogens with one attached hydrogen (secondary N) is 1. The molecule has 2 aromatic carbocycles. The van der Waals surface area contributed by atoms with Crippen molar-refractivity contribution < 1.29 is 4.79 Å². The summed E-state index contributed by atoms with van der Waals surface area (Å²) >= 11 is 1.36. The maximum absolute atomic E-state index is 12.7. The van der Waals surface area contributed by atoms with Crippen molar-refractivity contribution in [2.45, 2.75) is 24.4 Å². The van der Waals surface area contributed by atoms with E-state index in [1.807, 2.05) is 59.2 Å². The molecule has 172 valence electrons. The molecule has 0 bridgehead atoms. The first-order chi connectivity index (χ1) is 16.8. The number of anilines is 2. The van der Waals surface area contributed by atoms with Crippen LogP contribution in [0.5, 0.6) is 0 Å². The second-order valence-electron chi connectivity index (χ2n) is 8.14. The third kappa shape index (κ3) is 5.12. The number of hydrogen-bond acceptors (Lipinski definition) is 6. The summed E-state index contributed by atoms with van der Waals surface area (Å²) in [6.45, 7) is 2.21. The zero-order valence-electron chi connectivity index (χ0n) is 18.8. The molecule has 3 heterocycles. The number of hydrogen-bond donors (Lipinski definition) is 1. The summed E-state index contributed by atoms with van der Waals surface area (Å²) in [5, 5.41) is 12.4. The number of aromatic nitrogens is 4. The van der Waals surface area contributed by atoms with Gasteiger partial charge in [0.2, 0.25) is 5.91 Å². The lowest BCUT2D eigenvalue weighted by atomic mass is 10.1. The van der Waals surface area contributed by atoms with E-state index in [1.165, 1.54) is 36.7 Å². The molecule has 8 heteroatoms. The molecule has 1 aliphatic rings. The number of benzene rings is 2. The predicted molar refractivity (Wildman–Crippen MR) is 136 cm³/mol. The van der Waals surface area contributed by atoms with Crippen molar-refractivity contribution >= 4 is 29.0 Å². The summed E-state index contributed by atoms with van der Waals surface area (Å²) in [4.78, 5) is 19.2. The van der Waals surface area contributed by atoms with Gasteiger partial charge in [-0.2, -0.15) is 0 Å². The minimum atomic E-state index is -0.0798. The minimum absolute atomic E-state index is 0.0798. The minimum Gasteiger partial charge on any atom is -0.372 e. The molecule has 2 aromatic heterocycles. The highest BCUT2D eigenvalue weighted by Gasteiger charge is 2.17. The number of carbonyl (C=O) groups is 1. The van der Waals surface area contributed by atoms with Crippen LogP contribution in [0.1, 0.15) is 19.3 Å². The Hall–Kier alpha value is -3.65. The van der Waals surface area contributed by atoms with Gasteiger partial charge >= 0.3 is 0 Å². The van der Waals surface area contributed by atoms with Gasteiger partial charge in [-0.3, -0.25) is 14.3 Å². The average molecular weight is 471 g/mol. The number of para-hydroxylation sites is 1. The maximum atomic E-state index is 12.7. The Labute approximate surface area is 203 Å². The molecule has 0 spiro atoms. The molecule has 5 rings (SSSR count). The number of thioether (sulfide) groups is 1. The largest absolute Gasteiger partial charge is 0.372 e. The number of pyridine rings is 1. The van der Waals surface area contributed by atoms with Gasteiger partial charge in [0.25, 0.3) is 0 Å². The van der Waals surface area contributed by atoms with E-state index in [0.717, 1.165) is 30.0 Å². The molecule has 0 saturated carbocycles. The number of rotatable bonds is 7. The van der Waals surface area contributed by atoms with Crippen LogP contribution in [-0.4, -0.2) is 44.5 Å². The van der Waals surface area contributed by atoms with E-state index in [1.54, 1.807) is 12.4 Å². The Bertz CT molecular complexity index is 1220. The Morgan fingerprint density at radius 3 is 2.32 bits per heavy atom. The third-order valence-corrected chi connectivity index (χ3v) is 6.72. The van der Waals surface area contributed by atoms with Crippen LogP contribution in [0, 0.1) is 0 Å². The van der Waals surface area contributed by atoms with Crippen molar-refractivity contribution in [2.24, 2.45) is 0 Å². The zero-order valence-corrected chi connectivity index (χ0v) is 19.6. The summed E-state index contributed by atoms with van der Waals surface area (Å²) in [5.41, 5.74) is 3.87. The fourth-order valence-electron chi connectivity index (χ4n) is 4.10. The molecular formula is C26H26N6OS. The summed E-state index contributed by atoms with van der Waals surface area (Å²) in [5.74, 6) is 0.864. The molecule has 0 aliphatic carbocycles. The van der Waals surface area contributed by atoms with Crippen LogP contribution in [0.4, 0.5) is 11.4 Å². The van der Waals surface area contributed by atoms with E-state index in [4.69, 9.17) is 0 Å². The molecule has 34 heavy (non-hydrogen) atoms. The van der Waals surface area contributed by atoms with E-state index in [2.05, 4.69) is 37.5 Å². The lowest BCUT2D eigenvalue weighted by Crippen LogP contribution is -2.29. The van der Waals surface area contributed by atoms with Crippen LogP contribution in [0.3, 0.4) is 0 Å². The first kappa shape index (κ1) is 22.2. The van der Waals surface area contributed by atoms with Gasteiger partial charge in [-0.15, -0.1) is 10.2 Å². The Morgan fingerprint density at radius 2 is 1.59 bits per heavy atom. The highest BCUT2D eigenvalue weighted by atomic mass is 32.2. The van der Waals surface area contributed by atoms with E-state index >= 15 is 0 Å². The first-order valence-electron chi connectivity index (χ1n) is 11.5. The Morgan fingerprint density at radius 1 is 0.853 bits per heavy atom. The van der Waals surface area contributed by atoms with Crippen molar-refractivity contribution in [1.29, 1.82) is 0 Å². The molecule has 1 aliphatic heterocycles. The molecule has 0 unspecified atom stereocenters. The van der Waals surface area contributed by atoms with Crippen molar-refractivity contribution in [1.82, 2.24) is 19.7 Å². The number of piperidine rings is 1. The zero-order chi connectivity index (χ0) is 23.2. The van der Waals surface area contributed by atoms with Crippen LogP contribution < -0.4 is 10.2 Å². The average Bonchev–Trinajstić information content (AvgIpc) is 3.33. The highest BCUT2D eigenvalue weighted by Crippen LogP contribution is 2.28. The fraction of sp³-hybridized carbons (Fsp3) is 0.231. The number of nitrogens with zero attached hydrogens (tertiary/aromatic N) is 5. The monoisotopic (exact) mass is 470 g/mol. The molecule has 7 nitrogen and oxygen atoms in total. The van der Waals surface area contributed by atoms with Gasteiger partial charge in [-0.05, 0) is 67.8 Å². The van der Waals surface area contributed by atoms with E-state index in [9.17, 15) is 4.79 Å². The maximum Gasteiger partial charge on any atom is 0.234 e. The highest BCUT2D eigenvalue weighted by molar-refractivity contribution is 7.99. The van der Waals surface area contributed by atoms with Gasteiger partial charge in [-0.1, -0.05) is 30.0 Å². The second-order valence-corrected chi connectivity index (χ2v) is 9.09. The van der Waals surface area contributed by atoms with Crippen molar-refractivity contribution in [3.63, 3.8) is 0 Å². The van der Waals surface area contributed by atoms with Gasteiger partial charge in [-0.25, -0.2) is 0 Å². The van der Waals surface area contributed by atoms with Crippen molar-refractivity contribution in [3.05, 3.63) is 79.1 Å². The van der Waals surface area contributed by atoms with Gasteiger partial charge in [0.05, 0.1) is 5.75 Å². The number of carbonyl (C=O) groups excluding carboxylic acids is 1. The smallest absolute Gasteiger partial charge is 0.234 e. The molecule has 0 atom stereocenters. The molecule has 1 N–H and O–H groups in total. The summed E-state index contributed by atoms with van der Waals surface area (Å²) in [6, 6.07) is 21.8. The summed E-state index contributed by atoms with van der Waals surface area (Å²) in [7, 11) is 0. The molecule has 1 fully saturated rings. The van der Waals surface area contributed by atoms with Gasteiger partial charge in [0.15, 0.2) is 11.0 Å². The van der Waals surface area contributed by atoms with Gasteiger partial charge < -0.3 is 10.2 Å². The van der Waals surface area contributed by atoms with Crippen molar-refractivity contribution in [2.75, 3.05) is 29.1 Å². The van der Waals surface area contributed by atoms with E-state index in [0.29, 0.717) is 11.0 Å². The quantitative estimate of drug-likeness (QED) is 0.381. The standard InChI is InChI=1S/C26H26N6OS/c33-24(28-21-9-11-22(12-10-21)31-17-5-2-6-18-31)19-34-26-30-29-25(20-13-15-27-16-14-20)32(26)23-7-3-1-4-8-23/h1,3-4,7-16H,2,5-6,17-19H2,(H,28,33). The Balaban J connectivity index is 1.27. The van der Waals surface area contributed by atoms with Gasteiger partial charge in [0, 0.05) is 48.1 Å². The Kier molecular flexibility index (Phi) is 6.86. The number of amides is 1. The predicted octanol–water partition coefficient (Wildman–Crippen LogP) is 5.05. The SMILES string of the molecule is O=C(CSc1nnc(-c2ccncc2)n1-c1ccccc1)Nc1ccc(N2CCCCC2)cc1. The lowest BCUT2D eigenvalue weighted by molar-refractivity contribution is -0.113.